The van der Waals surface area contributed by atoms with Gasteiger partial charge in [-0.05, 0) is 18.1 Å². The molecule has 0 spiro atoms. The summed E-state index contributed by atoms with van der Waals surface area (Å²) in [6.07, 6.45) is 4.77. The van der Waals surface area contributed by atoms with Crippen LogP contribution in [0.1, 0.15) is 38.8 Å². The van der Waals surface area contributed by atoms with E-state index in [9.17, 15) is 9.59 Å². The molecule has 2 aromatic rings. The molecule has 0 aliphatic rings. The molecule has 0 aliphatic heterocycles. The van der Waals surface area contributed by atoms with Crippen LogP contribution in [-0.4, -0.2) is 12.1 Å². The Balaban J connectivity index is 2.12. The second-order valence-corrected chi connectivity index (χ2v) is 4.30. The normalized spacial score (nSPS) is 10.6. The Hall–Kier alpha value is -2.48. The van der Waals surface area contributed by atoms with Crippen LogP contribution >= 0.6 is 0 Å². The Labute approximate surface area is 112 Å². The molecule has 0 amide bonds. The second kappa shape index (κ2) is 5.91. The maximum absolute atomic E-state index is 11.1. The molecule has 0 heterocycles. The molecule has 0 fully saturated rings. The topological polar surface area (TPSA) is 34.1 Å². The average molecular weight is 250 g/mol. The number of carbonyl (C=O) groups excluding carboxylic acids is 2. The van der Waals surface area contributed by atoms with E-state index < -0.39 is 0 Å². The van der Waals surface area contributed by atoms with Crippen molar-refractivity contribution in [3.8, 4) is 0 Å². The smallest absolute Gasteiger partial charge is 0.159 e. The molecule has 0 atom stereocenters. The highest BCUT2D eigenvalue weighted by Gasteiger charge is 1.97. The van der Waals surface area contributed by atoms with E-state index in [1.807, 2.05) is 48.6 Å². The fraction of sp³-hybridized carbons (Fsp3) is 0.0588. The standard InChI is InChI=1S/C17H14O2/c1-13(19)17-10-8-15(9-11-17)3-2-14-4-6-16(12-18)7-5-14/h2-12H,1H3/b3-2+. The lowest BCUT2D eigenvalue weighted by Gasteiger charge is -1.97. The minimum absolute atomic E-state index is 0.0694. The molecule has 94 valence electrons. The number of benzene rings is 2. The molecule has 2 nitrogen and oxygen atoms in total. The predicted octanol–water partition coefficient (Wildman–Crippen LogP) is 3.87. The zero-order valence-corrected chi connectivity index (χ0v) is 10.7. The molecular weight excluding hydrogens is 236 g/mol. The van der Waals surface area contributed by atoms with Gasteiger partial charge in [0.05, 0.1) is 0 Å². The number of ketones is 1. The molecule has 0 bridgehead atoms. The van der Waals surface area contributed by atoms with Crippen LogP contribution in [0, 0.1) is 0 Å². The zero-order valence-electron chi connectivity index (χ0n) is 10.7. The fourth-order valence-corrected chi connectivity index (χ4v) is 1.71. The number of aldehydes is 1. The van der Waals surface area contributed by atoms with Gasteiger partial charge in [-0.3, -0.25) is 9.59 Å². The zero-order chi connectivity index (χ0) is 13.7. The first-order chi connectivity index (χ1) is 9.19. The van der Waals surface area contributed by atoms with Crippen molar-refractivity contribution in [2.75, 3.05) is 0 Å². The maximum Gasteiger partial charge on any atom is 0.159 e. The molecule has 0 aliphatic carbocycles. The Kier molecular flexibility index (Phi) is 4.04. The van der Waals surface area contributed by atoms with Crippen molar-refractivity contribution in [3.05, 3.63) is 70.8 Å². The molecule has 2 rings (SSSR count). The number of Topliss-reactive ketones (excluding diaryl/α,β-unsaturated/α-hetero) is 1. The van der Waals surface area contributed by atoms with Crippen LogP contribution in [0.15, 0.2) is 48.5 Å². The highest BCUT2D eigenvalue weighted by Crippen LogP contribution is 2.10. The lowest BCUT2D eigenvalue weighted by Crippen LogP contribution is -1.90. The SMILES string of the molecule is CC(=O)c1ccc(/C=C/c2ccc(C=O)cc2)cc1. The number of hydrogen-bond donors (Lipinski definition) is 0. The van der Waals surface area contributed by atoms with Gasteiger partial charge in [0.25, 0.3) is 0 Å². The van der Waals surface area contributed by atoms with E-state index in [1.54, 1.807) is 19.1 Å². The van der Waals surface area contributed by atoms with E-state index in [4.69, 9.17) is 0 Å². The van der Waals surface area contributed by atoms with Gasteiger partial charge in [-0.15, -0.1) is 0 Å². The van der Waals surface area contributed by atoms with E-state index in [1.165, 1.54) is 0 Å². The van der Waals surface area contributed by atoms with Crippen LogP contribution < -0.4 is 0 Å². The van der Waals surface area contributed by atoms with Gasteiger partial charge in [0.15, 0.2) is 5.78 Å². The minimum Gasteiger partial charge on any atom is -0.298 e. The summed E-state index contributed by atoms with van der Waals surface area (Å²) in [5, 5.41) is 0. The average Bonchev–Trinajstić information content (AvgIpc) is 2.46. The summed E-state index contributed by atoms with van der Waals surface area (Å²) in [6.45, 7) is 1.55. The van der Waals surface area contributed by atoms with Crippen molar-refractivity contribution < 1.29 is 9.59 Å². The third-order valence-corrected chi connectivity index (χ3v) is 2.86. The van der Waals surface area contributed by atoms with Gasteiger partial charge in [-0.2, -0.15) is 0 Å². The predicted molar refractivity (Wildman–Crippen MR) is 77.2 cm³/mol. The van der Waals surface area contributed by atoms with Crippen molar-refractivity contribution >= 4 is 24.2 Å². The van der Waals surface area contributed by atoms with Gasteiger partial charge in [-0.25, -0.2) is 0 Å². The van der Waals surface area contributed by atoms with E-state index in [0.717, 1.165) is 17.4 Å². The lowest BCUT2D eigenvalue weighted by atomic mass is 10.1. The summed E-state index contributed by atoms with van der Waals surface area (Å²) in [6, 6.07) is 14.8. The molecule has 0 radical (unpaired) electrons. The van der Waals surface area contributed by atoms with Gasteiger partial charge in [0, 0.05) is 11.1 Å². The summed E-state index contributed by atoms with van der Waals surface area (Å²) < 4.78 is 0. The molecule has 0 N–H and O–H groups in total. The molecule has 2 heteroatoms. The number of rotatable bonds is 4. The summed E-state index contributed by atoms with van der Waals surface area (Å²) in [5.41, 5.74) is 3.45. The first kappa shape index (κ1) is 13.0. The lowest BCUT2D eigenvalue weighted by molar-refractivity contribution is 0.101. The van der Waals surface area contributed by atoms with E-state index >= 15 is 0 Å². The molecule has 0 saturated heterocycles. The van der Waals surface area contributed by atoms with Crippen LogP contribution in [0.2, 0.25) is 0 Å². The maximum atomic E-state index is 11.1. The molecule has 2 aromatic carbocycles. The Morgan fingerprint density at radius 3 is 1.63 bits per heavy atom. The summed E-state index contributed by atoms with van der Waals surface area (Å²) in [5.74, 6) is 0.0694. The second-order valence-electron chi connectivity index (χ2n) is 4.30. The Morgan fingerprint density at radius 2 is 1.21 bits per heavy atom. The first-order valence-electron chi connectivity index (χ1n) is 6.03. The van der Waals surface area contributed by atoms with Gasteiger partial charge in [0.1, 0.15) is 6.29 Å². The van der Waals surface area contributed by atoms with Crippen molar-refractivity contribution in [1.82, 2.24) is 0 Å². The number of carbonyl (C=O) groups is 2. The minimum atomic E-state index is 0.0694. The van der Waals surface area contributed by atoms with Crippen molar-refractivity contribution in [3.63, 3.8) is 0 Å². The summed E-state index contributed by atoms with van der Waals surface area (Å²) in [7, 11) is 0. The molecule has 0 saturated carbocycles. The van der Waals surface area contributed by atoms with Crippen molar-refractivity contribution in [2.24, 2.45) is 0 Å². The Bertz CT molecular complexity index is 605. The largest absolute Gasteiger partial charge is 0.298 e. The van der Waals surface area contributed by atoms with Crippen LogP contribution in [0.25, 0.3) is 12.2 Å². The van der Waals surface area contributed by atoms with Gasteiger partial charge < -0.3 is 0 Å². The van der Waals surface area contributed by atoms with Crippen LogP contribution in [0.3, 0.4) is 0 Å². The highest BCUT2D eigenvalue weighted by molar-refractivity contribution is 5.94. The van der Waals surface area contributed by atoms with E-state index in [-0.39, 0.29) is 5.78 Å². The first-order valence-corrected chi connectivity index (χ1v) is 6.03. The van der Waals surface area contributed by atoms with Gasteiger partial charge in [0.2, 0.25) is 0 Å². The quantitative estimate of drug-likeness (QED) is 0.469. The third kappa shape index (κ3) is 3.49. The van der Waals surface area contributed by atoms with Crippen molar-refractivity contribution in [1.29, 1.82) is 0 Å². The van der Waals surface area contributed by atoms with Crippen molar-refractivity contribution in [2.45, 2.75) is 6.92 Å². The van der Waals surface area contributed by atoms with Gasteiger partial charge in [-0.1, -0.05) is 60.7 Å². The molecule has 0 unspecified atom stereocenters. The van der Waals surface area contributed by atoms with E-state index in [2.05, 4.69) is 0 Å². The number of hydrogen-bond acceptors (Lipinski definition) is 2. The molecule has 0 aromatic heterocycles. The Morgan fingerprint density at radius 1 is 0.789 bits per heavy atom. The monoisotopic (exact) mass is 250 g/mol. The highest BCUT2D eigenvalue weighted by atomic mass is 16.1. The summed E-state index contributed by atoms with van der Waals surface area (Å²) >= 11 is 0. The molecular formula is C17H14O2. The fourth-order valence-electron chi connectivity index (χ4n) is 1.71. The third-order valence-electron chi connectivity index (χ3n) is 2.86. The van der Waals surface area contributed by atoms with Crippen LogP contribution in [0.5, 0.6) is 0 Å². The van der Waals surface area contributed by atoms with Gasteiger partial charge >= 0.3 is 0 Å². The van der Waals surface area contributed by atoms with Crippen LogP contribution in [-0.2, 0) is 0 Å². The van der Waals surface area contributed by atoms with Crippen LogP contribution in [0.4, 0.5) is 0 Å². The summed E-state index contributed by atoms with van der Waals surface area (Å²) in [4.78, 5) is 21.7. The molecule has 19 heavy (non-hydrogen) atoms. The van der Waals surface area contributed by atoms with E-state index in [0.29, 0.717) is 11.1 Å².